The number of nitrogens with one attached hydrogen (secondary N) is 1. The fraction of sp³-hybridized carbons (Fsp3) is 0.517. The number of nitrogens with zero attached hydrogens (tertiary/aromatic N) is 2. The average Bonchev–Trinajstić information content (AvgIpc) is 2.91. The van der Waals surface area contributed by atoms with Gasteiger partial charge in [0.25, 0.3) is 0 Å². The largest absolute Gasteiger partial charge is 0.497 e. The Hall–Kier alpha value is -3.27. The summed E-state index contributed by atoms with van der Waals surface area (Å²) in [5.41, 5.74) is 1.86. The number of hydrogen-bond acceptors (Lipinski definition) is 6. The minimum Gasteiger partial charge on any atom is -0.497 e. The Kier molecular flexibility index (Phi) is 10.6. The second kappa shape index (κ2) is 13.7. The molecule has 10 heteroatoms. The molecule has 2 aromatic carbocycles. The normalized spacial score (nSPS) is 14.8. The summed E-state index contributed by atoms with van der Waals surface area (Å²) in [6.07, 6.45) is 6.56. The monoisotopic (exact) mass is 559 g/mol. The van der Waals surface area contributed by atoms with Gasteiger partial charge in [-0.2, -0.15) is 0 Å². The number of methoxy groups -OCH3 is 2. The van der Waals surface area contributed by atoms with Crippen molar-refractivity contribution >= 4 is 27.5 Å². The maximum Gasteiger partial charge on any atom is 0.244 e. The van der Waals surface area contributed by atoms with E-state index in [1.807, 2.05) is 38.1 Å². The van der Waals surface area contributed by atoms with Crippen LogP contribution in [0.4, 0.5) is 5.69 Å². The quantitative estimate of drug-likeness (QED) is 0.421. The van der Waals surface area contributed by atoms with E-state index in [-0.39, 0.29) is 24.2 Å². The van der Waals surface area contributed by atoms with Crippen molar-refractivity contribution in [2.24, 2.45) is 0 Å². The van der Waals surface area contributed by atoms with Gasteiger partial charge in [-0.15, -0.1) is 0 Å². The summed E-state index contributed by atoms with van der Waals surface area (Å²) in [5, 5.41) is 3.15. The van der Waals surface area contributed by atoms with Gasteiger partial charge in [0.05, 0.1) is 26.2 Å². The van der Waals surface area contributed by atoms with Crippen molar-refractivity contribution in [3.05, 3.63) is 53.6 Å². The highest BCUT2D eigenvalue weighted by Crippen LogP contribution is 2.31. The third-order valence-corrected chi connectivity index (χ3v) is 8.23. The van der Waals surface area contributed by atoms with Crippen LogP contribution in [0.25, 0.3) is 0 Å². The third-order valence-electron chi connectivity index (χ3n) is 7.11. The summed E-state index contributed by atoms with van der Waals surface area (Å²) in [6, 6.07) is 11.8. The number of aryl methyl sites for hydroxylation is 1. The lowest BCUT2D eigenvalue weighted by Crippen LogP contribution is -2.54. The van der Waals surface area contributed by atoms with Crippen molar-refractivity contribution in [1.29, 1.82) is 0 Å². The number of carbonyl (C=O) groups excluding carboxylic acids is 2. The SMILES string of the molecule is CCC(C(=O)NC1CCCCC1)N(Cc1cccc(OC)c1)C(=O)CN(c1cc(C)ccc1OC)S(C)(=O)=O. The fourth-order valence-electron chi connectivity index (χ4n) is 5.02. The second-order valence-electron chi connectivity index (χ2n) is 10.1. The van der Waals surface area contributed by atoms with Crippen LogP contribution >= 0.6 is 0 Å². The van der Waals surface area contributed by atoms with Crippen LogP contribution in [-0.2, 0) is 26.2 Å². The topological polar surface area (TPSA) is 105 Å². The molecule has 1 atom stereocenters. The molecule has 214 valence electrons. The van der Waals surface area contributed by atoms with E-state index in [0.29, 0.717) is 17.9 Å². The maximum atomic E-state index is 14.0. The van der Waals surface area contributed by atoms with Crippen LogP contribution in [0.3, 0.4) is 0 Å². The van der Waals surface area contributed by atoms with Gasteiger partial charge in [0.15, 0.2) is 0 Å². The molecule has 0 saturated heterocycles. The zero-order chi connectivity index (χ0) is 28.6. The Morgan fingerprint density at radius 3 is 2.38 bits per heavy atom. The van der Waals surface area contributed by atoms with Crippen molar-refractivity contribution in [2.45, 2.75) is 71.0 Å². The summed E-state index contributed by atoms with van der Waals surface area (Å²) in [6.45, 7) is 3.34. The molecular weight excluding hydrogens is 518 g/mol. The predicted molar refractivity (Wildman–Crippen MR) is 153 cm³/mol. The van der Waals surface area contributed by atoms with Crippen LogP contribution in [0.1, 0.15) is 56.6 Å². The van der Waals surface area contributed by atoms with Gasteiger partial charge in [-0.25, -0.2) is 8.42 Å². The van der Waals surface area contributed by atoms with Gasteiger partial charge < -0.3 is 19.7 Å². The molecular formula is C29H41N3O6S. The standard InChI is InChI=1S/C29H41N3O6S/c1-6-25(29(34)30-23-12-8-7-9-13-23)31(19-22-11-10-14-24(18-22)37-3)28(33)20-32(39(5,35)36)26-17-21(2)15-16-27(26)38-4/h10-11,14-18,23,25H,6-9,12-13,19-20H2,1-5H3,(H,30,34). The van der Waals surface area contributed by atoms with E-state index < -0.39 is 28.5 Å². The summed E-state index contributed by atoms with van der Waals surface area (Å²) in [7, 11) is -0.854. The Morgan fingerprint density at radius 1 is 1.05 bits per heavy atom. The predicted octanol–water partition coefficient (Wildman–Crippen LogP) is 4.03. The number of anilines is 1. The Bertz CT molecular complexity index is 1240. The highest BCUT2D eigenvalue weighted by atomic mass is 32.2. The zero-order valence-corrected chi connectivity index (χ0v) is 24.4. The van der Waals surface area contributed by atoms with Gasteiger partial charge in [0.2, 0.25) is 21.8 Å². The first-order chi connectivity index (χ1) is 18.6. The van der Waals surface area contributed by atoms with Gasteiger partial charge in [-0.05, 0) is 61.6 Å². The highest BCUT2D eigenvalue weighted by molar-refractivity contribution is 7.92. The number of sulfonamides is 1. The number of hydrogen-bond donors (Lipinski definition) is 1. The van der Waals surface area contributed by atoms with Crippen molar-refractivity contribution in [3.63, 3.8) is 0 Å². The van der Waals surface area contributed by atoms with E-state index in [9.17, 15) is 18.0 Å². The maximum absolute atomic E-state index is 14.0. The smallest absolute Gasteiger partial charge is 0.244 e. The van der Waals surface area contributed by atoms with Crippen LogP contribution in [-0.4, -0.2) is 64.2 Å². The molecule has 1 aliphatic carbocycles. The van der Waals surface area contributed by atoms with Crippen molar-refractivity contribution in [2.75, 3.05) is 31.3 Å². The molecule has 0 heterocycles. The van der Waals surface area contributed by atoms with Gasteiger partial charge >= 0.3 is 0 Å². The van der Waals surface area contributed by atoms with E-state index in [1.165, 1.54) is 12.0 Å². The molecule has 0 aromatic heterocycles. The van der Waals surface area contributed by atoms with E-state index in [2.05, 4.69) is 5.32 Å². The second-order valence-corrected chi connectivity index (χ2v) is 12.0. The number of rotatable bonds is 12. The molecule has 2 aromatic rings. The van der Waals surface area contributed by atoms with Crippen LogP contribution < -0.4 is 19.1 Å². The van der Waals surface area contributed by atoms with E-state index >= 15 is 0 Å². The first-order valence-corrected chi connectivity index (χ1v) is 15.3. The Labute approximate surface area is 232 Å². The molecule has 0 aliphatic heterocycles. The fourth-order valence-corrected chi connectivity index (χ4v) is 5.87. The van der Waals surface area contributed by atoms with Gasteiger partial charge in [-0.1, -0.05) is 44.4 Å². The van der Waals surface area contributed by atoms with Crippen molar-refractivity contribution < 1.29 is 27.5 Å². The van der Waals surface area contributed by atoms with Gasteiger partial charge in [-0.3, -0.25) is 13.9 Å². The average molecular weight is 560 g/mol. The molecule has 39 heavy (non-hydrogen) atoms. The van der Waals surface area contributed by atoms with Crippen LogP contribution in [0.15, 0.2) is 42.5 Å². The first kappa shape index (κ1) is 30.3. The Morgan fingerprint density at radius 2 is 1.77 bits per heavy atom. The molecule has 1 aliphatic rings. The summed E-state index contributed by atoms with van der Waals surface area (Å²) >= 11 is 0. The summed E-state index contributed by atoms with van der Waals surface area (Å²) in [5.74, 6) is 0.249. The lowest BCUT2D eigenvalue weighted by molar-refractivity contribution is -0.140. The van der Waals surface area contributed by atoms with E-state index in [4.69, 9.17) is 9.47 Å². The molecule has 0 spiro atoms. The van der Waals surface area contributed by atoms with Crippen molar-refractivity contribution in [3.8, 4) is 11.5 Å². The molecule has 2 amide bonds. The number of carbonyl (C=O) groups is 2. The van der Waals surface area contributed by atoms with E-state index in [1.54, 1.807) is 25.3 Å². The zero-order valence-electron chi connectivity index (χ0n) is 23.6. The Balaban J connectivity index is 1.97. The lowest BCUT2D eigenvalue weighted by atomic mass is 9.95. The number of ether oxygens (including phenoxy) is 2. The third kappa shape index (κ3) is 8.11. The number of benzene rings is 2. The summed E-state index contributed by atoms with van der Waals surface area (Å²) in [4.78, 5) is 29.0. The van der Waals surface area contributed by atoms with E-state index in [0.717, 1.165) is 53.8 Å². The lowest BCUT2D eigenvalue weighted by Gasteiger charge is -2.34. The first-order valence-electron chi connectivity index (χ1n) is 13.4. The molecule has 1 unspecified atom stereocenters. The number of amides is 2. The molecule has 3 rings (SSSR count). The minimum absolute atomic E-state index is 0.0816. The summed E-state index contributed by atoms with van der Waals surface area (Å²) < 4.78 is 37.7. The molecule has 1 saturated carbocycles. The molecule has 9 nitrogen and oxygen atoms in total. The molecule has 0 radical (unpaired) electrons. The van der Waals surface area contributed by atoms with Crippen LogP contribution in [0.2, 0.25) is 0 Å². The molecule has 0 bridgehead atoms. The van der Waals surface area contributed by atoms with Crippen LogP contribution in [0.5, 0.6) is 11.5 Å². The highest BCUT2D eigenvalue weighted by Gasteiger charge is 2.33. The van der Waals surface area contributed by atoms with Gasteiger partial charge in [0, 0.05) is 12.6 Å². The molecule has 1 N–H and O–H groups in total. The minimum atomic E-state index is -3.87. The van der Waals surface area contributed by atoms with Gasteiger partial charge in [0.1, 0.15) is 24.1 Å². The van der Waals surface area contributed by atoms with Crippen LogP contribution in [0, 0.1) is 6.92 Å². The van der Waals surface area contributed by atoms with Crippen molar-refractivity contribution in [1.82, 2.24) is 10.2 Å². The molecule has 1 fully saturated rings.